The summed E-state index contributed by atoms with van der Waals surface area (Å²) in [7, 11) is 0. The summed E-state index contributed by atoms with van der Waals surface area (Å²) in [5, 5.41) is 0. The molecule has 2 aromatic heterocycles. The Morgan fingerprint density at radius 3 is 2.38 bits per heavy atom. The van der Waals surface area contributed by atoms with E-state index < -0.39 is 11.1 Å². The van der Waals surface area contributed by atoms with E-state index in [-0.39, 0.29) is 12.6 Å². The summed E-state index contributed by atoms with van der Waals surface area (Å²) in [5.74, 6) is 0. The van der Waals surface area contributed by atoms with Gasteiger partial charge in [0.2, 0.25) is 0 Å². The molecule has 6 heteroatoms. The van der Waals surface area contributed by atoms with E-state index in [1.165, 1.54) is 4.57 Å². The predicted octanol–water partition coefficient (Wildman–Crippen LogP) is 2.63. The highest BCUT2D eigenvalue weighted by Crippen LogP contribution is 2.27. The van der Waals surface area contributed by atoms with E-state index in [0.717, 1.165) is 36.9 Å². The van der Waals surface area contributed by atoms with Gasteiger partial charge in [0.15, 0.2) is 0 Å². The number of hydrogen-bond donors (Lipinski definition) is 0. The lowest BCUT2D eigenvalue weighted by Crippen LogP contribution is -2.41. The van der Waals surface area contributed by atoms with Crippen molar-refractivity contribution in [1.82, 2.24) is 19.1 Å². The van der Waals surface area contributed by atoms with Crippen LogP contribution in [0.25, 0.3) is 11.3 Å². The molecule has 0 atom stereocenters. The van der Waals surface area contributed by atoms with Gasteiger partial charge in [-0.05, 0) is 12.8 Å². The maximum atomic E-state index is 12.4. The third-order valence-electron chi connectivity index (χ3n) is 4.91. The Kier molecular flexibility index (Phi) is 4.48. The average molecular weight is 348 g/mol. The van der Waals surface area contributed by atoms with Gasteiger partial charge in [0.25, 0.3) is 0 Å². The Morgan fingerprint density at radius 2 is 1.69 bits per heavy atom. The first kappa shape index (κ1) is 16.4. The molecule has 0 saturated heterocycles. The number of nitrogens with zero attached hydrogens (tertiary/aromatic N) is 4. The molecule has 0 radical (unpaired) electrons. The molecule has 2 heterocycles. The van der Waals surface area contributed by atoms with E-state index in [9.17, 15) is 9.59 Å². The Balaban J connectivity index is 1.57. The van der Waals surface area contributed by atoms with Gasteiger partial charge in [0.05, 0.1) is 30.3 Å². The van der Waals surface area contributed by atoms with Gasteiger partial charge < -0.3 is 9.13 Å². The van der Waals surface area contributed by atoms with Gasteiger partial charge in [-0.2, -0.15) is 0 Å². The first-order valence-electron chi connectivity index (χ1n) is 8.90. The Hall–Kier alpha value is -3.02. The molecule has 132 valence electrons. The van der Waals surface area contributed by atoms with Crippen LogP contribution in [0.4, 0.5) is 0 Å². The maximum absolute atomic E-state index is 12.4. The zero-order valence-electron chi connectivity index (χ0n) is 14.4. The molecule has 4 rings (SSSR count). The summed E-state index contributed by atoms with van der Waals surface area (Å²) in [4.78, 5) is 33.6. The van der Waals surface area contributed by atoms with Crippen LogP contribution in [-0.2, 0) is 6.54 Å². The minimum atomic E-state index is -0.506. The Morgan fingerprint density at radius 1 is 0.923 bits per heavy atom. The third kappa shape index (κ3) is 3.22. The van der Waals surface area contributed by atoms with Crippen LogP contribution in [0.3, 0.4) is 0 Å². The summed E-state index contributed by atoms with van der Waals surface area (Å²) in [6, 6.07) is 9.95. The molecule has 0 unspecified atom stereocenters. The number of hydrogen-bond acceptors (Lipinski definition) is 4. The van der Waals surface area contributed by atoms with E-state index >= 15 is 0 Å². The van der Waals surface area contributed by atoms with Gasteiger partial charge in [-0.25, -0.2) is 0 Å². The molecule has 0 N–H and O–H groups in total. The fraction of sp³-hybridized carbons (Fsp3) is 0.300. The van der Waals surface area contributed by atoms with Crippen LogP contribution in [0.2, 0.25) is 0 Å². The Bertz CT molecular complexity index is 1000. The van der Waals surface area contributed by atoms with Crippen molar-refractivity contribution >= 4 is 0 Å². The van der Waals surface area contributed by atoms with Crippen LogP contribution in [0, 0.1) is 0 Å². The van der Waals surface area contributed by atoms with Crippen LogP contribution in [0.5, 0.6) is 0 Å². The van der Waals surface area contributed by atoms with Crippen molar-refractivity contribution in [3.05, 3.63) is 81.5 Å². The molecule has 0 aliphatic heterocycles. The lowest BCUT2D eigenvalue weighted by Gasteiger charge is -2.14. The number of aromatic nitrogens is 4. The van der Waals surface area contributed by atoms with Crippen molar-refractivity contribution in [2.75, 3.05) is 0 Å². The fourth-order valence-corrected chi connectivity index (χ4v) is 3.48. The van der Waals surface area contributed by atoms with Crippen molar-refractivity contribution in [3.8, 4) is 11.3 Å². The van der Waals surface area contributed by atoms with Crippen molar-refractivity contribution < 1.29 is 0 Å². The molecule has 0 bridgehead atoms. The second-order valence-electron chi connectivity index (χ2n) is 6.64. The lowest BCUT2D eigenvalue weighted by molar-refractivity contribution is 0.487. The predicted molar refractivity (Wildman–Crippen MR) is 99.0 cm³/mol. The Labute approximate surface area is 150 Å². The molecule has 6 nitrogen and oxygen atoms in total. The normalized spacial score (nSPS) is 14.6. The summed E-state index contributed by atoms with van der Waals surface area (Å²) < 4.78 is 3.00. The minimum absolute atomic E-state index is 0.162. The summed E-state index contributed by atoms with van der Waals surface area (Å²) in [5.41, 5.74) is 1.45. The van der Waals surface area contributed by atoms with E-state index in [4.69, 9.17) is 0 Å². The monoisotopic (exact) mass is 348 g/mol. The molecule has 0 spiro atoms. The van der Waals surface area contributed by atoms with Gasteiger partial charge in [-0.3, -0.25) is 19.6 Å². The van der Waals surface area contributed by atoms with E-state index in [1.807, 2.05) is 30.3 Å². The molecule has 1 aromatic carbocycles. The highest BCUT2D eigenvalue weighted by atomic mass is 16.2. The van der Waals surface area contributed by atoms with Crippen LogP contribution in [0.1, 0.15) is 37.4 Å². The SMILES string of the molecule is O=c1c(=O)n(C2CCCC2)ccn1Cc1cnc(-c2ccccc2)cn1. The molecule has 3 aromatic rings. The quantitative estimate of drug-likeness (QED) is 0.680. The van der Waals surface area contributed by atoms with Crippen LogP contribution < -0.4 is 11.1 Å². The molecule has 1 aliphatic carbocycles. The van der Waals surface area contributed by atoms with E-state index in [0.29, 0.717) is 5.69 Å². The lowest BCUT2D eigenvalue weighted by atomic mass is 10.2. The van der Waals surface area contributed by atoms with Gasteiger partial charge in [-0.15, -0.1) is 0 Å². The van der Waals surface area contributed by atoms with Gasteiger partial charge in [-0.1, -0.05) is 43.2 Å². The highest BCUT2D eigenvalue weighted by Gasteiger charge is 2.19. The third-order valence-corrected chi connectivity index (χ3v) is 4.91. The largest absolute Gasteiger partial charge is 0.316 e. The van der Waals surface area contributed by atoms with Crippen LogP contribution in [0.15, 0.2) is 64.7 Å². The zero-order valence-corrected chi connectivity index (χ0v) is 14.4. The van der Waals surface area contributed by atoms with Crippen molar-refractivity contribution in [2.24, 2.45) is 0 Å². The van der Waals surface area contributed by atoms with Crippen molar-refractivity contribution in [3.63, 3.8) is 0 Å². The molecule has 26 heavy (non-hydrogen) atoms. The zero-order chi connectivity index (χ0) is 17.9. The van der Waals surface area contributed by atoms with Crippen LogP contribution >= 0.6 is 0 Å². The maximum Gasteiger partial charge on any atom is 0.316 e. The molecule has 0 amide bonds. The average Bonchev–Trinajstić information content (AvgIpc) is 3.21. The second kappa shape index (κ2) is 7.07. The first-order valence-corrected chi connectivity index (χ1v) is 8.90. The standard InChI is InChI=1S/C20H20N4O2/c25-19-20(26)24(17-8-4-5-9-17)11-10-23(19)14-16-12-22-18(13-21-16)15-6-2-1-3-7-15/h1-3,6-7,10-13,17H,4-5,8-9,14H2. The summed E-state index contributed by atoms with van der Waals surface area (Å²) in [6.07, 6.45) is 10.9. The van der Waals surface area contributed by atoms with Crippen molar-refractivity contribution in [2.45, 2.75) is 38.3 Å². The molecule has 1 aliphatic rings. The smallest absolute Gasteiger partial charge is 0.306 e. The topological polar surface area (TPSA) is 69.8 Å². The summed E-state index contributed by atoms with van der Waals surface area (Å²) >= 11 is 0. The molecular weight excluding hydrogens is 328 g/mol. The van der Waals surface area contributed by atoms with Crippen LogP contribution in [-0.4, -0.2) is 19.1 Å². The number of benzene rings is 1. The molecular formula is C20H20N4O2. The second-order valence-corrected chi connectivity index (χ2v) is 6.64. The number of rotatable bonds is 4. The fourth-order valence-electron chi connectivity index (χ4n) is 3.48. The van der Waals surface area contributed by atoms with E-state index in [2.05, 4.69) is 9.97 Å². The molecule has 1 saturated carbocycles. The van der Waals surface area contributed by atoms with Gasteiger partial charge >= 0.3 is 11.1 Å². The first-order chi connectivity index (χ1) is 12.7. The van der Waals surface area contributed by atoms with Gasteiger partial charge in [0.1, 0.15) is 0 Å². The van der Waals surface area contributed by atoms with Crippen molar-refractivity contribution in [1.29, 1.82) is 0 Å². The minimum Gasteiger partial charge on any atom is -0.306 e. The highest BCUT2D eigenvalue weighted by molar-refractivity contribution is 5.57. The molecule has 1 fully saturated rings. The van der Waals surface area contributed by atoms with Gasteiger partial charge in [0, 0.05) is 24.0 Å². The van der Waals surface area contributed by atoms with E-state index in [1.54, 1.807) is 29.4 Å². The summed E-state index contributed by atoms with van der Waals surface area (Å²) in [6.45, 7) is 0.238.